The van der Waals surface area contributed by atoms with Crippen molar-refractivity contribution in [2.75, 3.05) is 27.2 Å². The molecule has 7 nitrogen and oxygen atoms in total. The van der Waals surface area contributed by atoms with Gasteiger partial charge in [0.2, 0.25) is 0 Å². The first kappa shape index (κ1) is 22.9. The Morgan fingerprint density at radius 2 is 1.73 bits per heavy atom. The number of nitrogens with one attached hydrogen (secondary N) is 2. The molecule has 0 amide bonds. The number of benzene rings is 2. The van der Waals surface area contributed by atoms with Gasteiger partial charge in [-0.15, -0.1) is 0 Å². The van der Waals surface area contributed by atoms with Crippen LogP contribution in [0.5, 0.6) is 5.75 Å². The number of halogens is 1. The van der Waals surface area contributed by atoms with Gasteiger partial charge in [-0.2, -0.15) is 5.10 Å². The van der Waals surface area contributed by atoms with Crippen LogP contribution in [0.3, 0.4) is 0 Å². The molecule has 4 heterocycles. The fraction of sp³-hybridized carbons (Fsp3) is 0.138. The van der Waals surface area contributed by atoms with Gasteiger partial charge in [0.05, 0.1) is 17.4 Å². The molecule has 0 radical (unpaired) electrons. The van der Waals surface area contributed by atoms with E-state index in [-0.39, 0.29) is 5.82 Å². The second-order valence-electron chi connectivity index (χ2n) is 9.20. The molecular weight excluding hydrogens is 467 g/mol. The maximum absolute atomic E-state index is 13.5. The van der Waals surface area contributed by atoms with E-state index < -0.39 is 0 Å². The Bertz CT molecular complexity index is 1700. The highest BCUT2D eigenvalue weighted by Gasteiger charge is 2.15. The van der Waals surface area contributed by atoms with E-state index in [1.807, 2.05) is 50.6 Å². The average molecular weight is 493 g/mol. The van der Waals surface area contributed by atoms with Crippen molar-refractivity contribution in [3.05, 3.63) is 85.1 Å². The molecule has 37 heavy (non-hydrogen) atoms. The van der Waals surface area contributed by atoms with E-state index in [1.54, 1.807) is 24.5 Å². The number of aromatic amines is 2. The molecule has 0 bridgehead atoms. The summed E-state index contributed by atoms with van der Waals surface area (Å²) in [5, 5.41) is 9.67. The smallest absolute Gasteiger partial charge is 0.138 e. The van der Waals surface area contributed by atoms with Crippen LogP contribution < -0.4 is 4.74 Å². The van der Waals surface area contributed by atoms with Crippen LogP contribution in [-0.4, -0.2) is 57.3 Å². The molecule has 6 aromatic rings. The maximum Gasteiger partial charge on any atom is 0.138 e. The molecule has 0 saturated carbocycles. The van der Waals surface area contributed by atoms with Crippen LogP contribution in [0, 0.1) is 5.82 Å². The predicted molar refractivity (Wildman–Crippen MR) is 144 cm³/mol. The molecule has 0 spiro atoms. The number of hydrogen-bond donors (Lipinski definition) is 2. The zero-order chi connectivity index (χ0) is 25.4. The lowest BCUT2D eigenvalue weighted by molar-refractivity contribution is 0.261. The van der Waals surface area contributed by atoms with E-state index in [2.05, 4.69) is 36.1 Å². The summed E-state index contributed by atoms with van der Waals surface area (Å²) in [5.41, 5.74) is 7.20. The Balaban J connectivity index is 1.37. The lowest BCUT2D eigenvalue weighted by Crippen LogP contribution is -2.19. The topological polar surface area (TPSA) is 82.7 Å². The summed E-state index contributed by atoms with van der Waals surface area (Å²) in [6, 6.07) is 18.7. The molecule has 6 rings (SSSR count). The summed E-state index contributed by atoms with van der Waals surface area (Å²) in [4.78, 5) is 14.4. The third kappa shape index (κ3) is 4.54. The van der Waals surface area contributed by atoms with Crippen LogP contribution in [-0.2, 0) is 0 Å². The maximum atomic E-state index is 13.5. The quantitative estimate of drug-likeness (QED) is 0.289. The lowest BCUT2D eigenvalue weighted by atomic mass is 10.0. The van der Waals surface area contributed by atoms with Crippen LogP contribution >= 0.6 is 0 Å². The molecule has 184 valence electrons. The molecule has 0 fully saturated rings. The number of fused-ring (bicyclic) bond motifs is 2. The van der Waals surface area contributed by atoms with Gasteiger partial charge in [-0.3, -0.25) is 10.1 Å². The summed E-state index contributed by atoms with van der Waals surface area (Å²) in [7, 11) is 4.03. The van der Waals surface area contributed by atoms with E-state index in [9.17, 15) is 4.39 Å². The fourth-order valence-corrected chi connectivity index (χ4v) is 4.44. The minimum atomic E-state index is -0.261. The third-order valence-corrected chi connectivity index (χ3v) is 6.36. The van der Waals surface area contributed by atoms with Gasteiger partial charge in [0.1, 0.15) is 29.5 Å². The largest absolute Gasteiger partial charge is 0.491 e. The molecule has 0 aliphatic rings. The number of likely N-dealkylation sites (N-methyl/N-ethyl adjacent to an activating group) is 1. The molecule has 0 saturated heterocycles. The van der Waals surface area contributed by atoms with E-state index in [1.165, 1.54) is 12.1 Å². The number of aromatic nitrogens is 5. The molecule has 4 aromatic heterocycles. The van der Waals surface area contributed by atoms with Crippen molar-refractivity contribution >= 4 is 21.9 Å². The molecule has 0 aliphatic carbocycles. The Labute approximate surface area is 213 Å². The third-order valence-electron chi connectivity index (χ3n) is 6.36. The highest BCUT2D eigenvalue weighted by Crippen LogP contribution is 2.35. The summed E-state index contributed by atoms with van der Waals surface area (Å²) < 4.78 is 19.3. The second kappa shape index (κ2) is 9.48. The molecule has 2 N–H and O–H groups in total. The standard InChI is InChI=1S/C29H25FN6O/c1-36(2)11-12-37-22-13-20(16-31-17-22)19-5-8-26-25(14-19)28(35-34-26)27-15-24-23(9-10-32-29(24)33-27)18-3-6-21(30)7-4-18/h3-10,13-17H,11-12H2,1-2H3,(H,32,33)(H,34,35). The molecule has 0 unspecified atom stereocenters. The van der Waals surface area contributed by atoms with Crippen molar-refractivity contribution in [3.8, 4) is 39.4 Å². The first-order chi connectivity index (χ1) is 18.0. The van der Waals surface area contributed by atoms with Gasteiger partial charge in [0, 0.05) is 35.3 Å². The summed E-state index contributed by atoms with van der Waals surface area (Å²) in [6.45, 7) is 1.42. The molecular formula is C29H25FN6O. The highest BCUT2D eigenvalue weighted by atomic mass is 19.1. The SMILES string of the molecule is CN(C)CCOc1cncc(-c2ccc3[nH]nc(-c4cc5c(-c6ccc(F)cc6)ccnc5[nH]4)c3c2)c1. The summed E-state index contributed by atoms with van der Waals surface area (Å²) in [6.07, 6.45) is 5.32. The Hall–Kier alpha value is -4.56. The van der Waals surface area contributed by atoms with Crippen LogP contribution in [0.4, 0.5) is 4.39 Å². The van der Waals surface area contributed by atoms with Crippen LogP contribution in [0.15, 0.2) is 79.3 Å². The van der Waals surface area contributed by atoms with Crippen molar-refractivity contribution in [2.24, 2.45) is 0 Å². The van der Waals surface area contributed by atoms with Crippen LogP contribution in [0.25, 0.3) is 55.6 Å². The van der Waals surface area contributed by atoms with Crippen molar-refractivity contribution in [1.82, 2.24) is 30.0 Å². The highest BCUT2D eigenvalue weighted by molar-refractivity contribution is 6.00. The van der Waals surface area contributed by atoms with Crippen molar-refractivity contribution in [2.45, 2.75) is 0 Å². The Morgan fingerprint density at radius 1 is 0.892 bits per heavy atom. The van der Waals surface area contributed by atoms with Gasteiger partial charge in [-0.05, 0) is 73.3 Å². The normalized spacial score (nSPS) is 11.6. The molecule has 2 aromatic carbocycles. The number of hydrogen-bond acceptors (Lipinski definition) is 5. The van der Waals surface area contributed by atoms with Gasteiger partial charge in [-0.25, -0.2) is 9.37 Å². The first-order valence-electron chi connectivity index (χ1n) is 12.0. The van der Waals surface area contributed by atoms with E-state index >= 15 is 0 Å². The molecule has 8 heteroatoms. The molecule has 0 atom stereocenters. The first-order valence-corrected chi connectivity index (χ1v) is 12.0. The van der Waals surface area contributed by atoms with E-state index in [0.29, 0.717) is 6.61 Å². The van der Waals surface area contributed by atoms with Crippen LogP contribution in [0.2, 0.25) is 0 Å². The average Bonchev–Trinajstić information content (AvgIpc) is 3.53. The zero-order valence-electron chi connectivity index (χ0n) is 20.5. The summed E-state index contributed by atoms with van der Waals surface area (Å²) >= 11 is 0. The van der Waals surface area contributed by atoms with Gasteiger partial charge < -0.3 is 14.6 Å². The van der Waals surface area contributed by atoms with Gasteiger partial charge in [-0.1, -0.05) is 18.2 Å². The van der Waals surface area contributed by atoms with Gasteiger partial charge in [0.25, 0.3) is 0 Å². The second-order valence-corrected chi connectivity index (χ2v) is 9.20. The number of ether oxygens (including phenoxy) is 1. The number of nitrogens with zero attached hydrogens (tertiary/aromatic N) is 4. The van der Waals surface area contributed by atoms with Crippen molar-refractivity contribution < 1.29 is 9.13 Å². The minimum absolute atomic E-state index is 0.261. The predicted octanol–water partition coefficient (Wildman–Crippen LogP) is 5.91. The monoisotopic (exact) mass is 492 g/mol. The molecule has 0 aliphatic heterocycles. The van der Waals surface area contributed by atoms with Crippen LogP contribution in [0.1, 0.15) is 0 Å². The van der Waals surface area contributed by atoms with Crippen molar-refractivity contribution in [1.29, 1.82) is 0 Å². The Kier molecular flexibility index (Phi) is 5.86. The minimum Gasteiger partial charge on any atom is -0.491 e. The summed E-state index contributed by atoms with van der Waals surface area (Å²) in [5.74, 6) is 0.477. The van der Waals surface area contributed by atoms with E-state index in [4.69, 9.17) is 4.74 Å². The van der Waals surface area contributed by atoms with Crippen molar-refractivity contribution in [3.63, 3.8) is 0 Å². The van der Waals surface area contributed by atoms with Gasteiger partial charge in [0.15, 0.2) is 0 Å². The number of rotatable bonds is 7. The van der Waals surface area contributed by atoms with Gasteiger partial charge >= 0.3 is 0 Å². The number of H-pyrrole nitrogens is 2. The zero-order valence-corrected chi connectivity index (χ0v) is 20.5. The Morgan fingerprint density at radius 3 is 2.57 bits per heavy atom. The number of pyridine rings is 2. The lowest BCUT2D eigenvalue weighted by Gasteiger charge is -2.11. The van der Waals surface area contributed by atoms with E-state index in [0.717, 1.165) is 67.9 Å². The fourth-order valence-electron chi connectivity index (χ4n) is 4.44.